The van der Waals surface area contributed by atoms with E-state index in [1.54, 1.807) is 23.8 Å². The molecule has 88 valence electrons. The summed E-state index contributed by atoms with van der Waals surface area (Å²) in [4.78, 5) is 5.56. The number of thiophene rings is 1. The minimum absolute atomic E-state index is 0.683. The van der Waals surface area contributed by atoms with E-state index in [1.807, 2.05) is 25.1 Å². The molecule has 0 radical (unpaired) electrons. The van der Waals surface area contributed by atoms with Crippen LogP contribution in [0.15, 0.2) is 41.0 Å². The Morgan fingerprint density at radius 1 is 1.47 bits per heavy atom. The van der Waals surface area contributed by atoms with Crippen molar-refractivity contribution in [3.8, 4) is 0 Å². The van der Waals surface area contributed by atoms with Gasteiger partial charge < -0.3 is 5.73 Å². The van der Waals surface area contributed by atoms with E-state index in [0.29, 0.717) is 6.54 Å². The summed E-state index contributed by atoms with van der Waals surface area (Å²) in [5, 5.41) is 1.95. The molecule has 17 heavy (non-hydrogen) atoms. The SMILES string of the molecule is C/C(C=NCc1cc2cc(Cl)ccc2s1)=C/N. The Morgan fingerprint density at radius 2 is 2.29 bits per heavy atom. The first-order chi connectivity index (χ1) is 8.19. The van der Waals surface area contributed by atoms with Crippen LogP contribution < -0.4 is 5.73 Å². The highest BCUT2D eigenvalue weighted by molar-refractivity contribution is 7.19. The molecule has 0 aliphatic rings. The first-order valence-electron chi connectivity index (χ1n) is 5.25. The molecule has 2 aromatic rings. The summed E-state index contributed by atoms with van der Waals surface area (Å²) >= 11 is 7.69. The van der Waals surface area contributed by atoms with E-state index in [1.165, 1.54) is 15.0 Å². The van der Waals surface area contributed by atoms with Gasteiger partial charge in [0.05, 0.1) is 6.54 Å². The van der Waals surface area contributed by atoms with Crippen molar-refractivity contribution in [3.63, 3.8) is 0 Å². The predicted octanol–water partition coefficient (Wildman–Crippen LogP) is 3.99. The van der Waals surface area contributed by atoms with Gasteiger partial charge in [0.2, 0.25) is 0 Å². The second-order valence-corrected chi connectivity index (χ2v) is 5.38. The van der Waals surface area contributed by atoms with E-state index in [-0.39, 0.29) is 0 Å². The number of fused-ring (bicyclic) bond motifs is 1. The topological polar surface area (TPSA) is 38.4 Å². The molecule has 0 atom stereocenters. The van der Waals surface area contributed by atoms with Crippen LogP contribution in [-0.2, 0) is 6.54 Å². The molecule has 2 nitrogen and oxygen atoms in total. The summed E-state index contributed by atoms with van der Waals surface area (Å²) in [6, 6.07) is 8.06. The number of nitrogens with two attached hydrogens (primary N) is 1. The molecule has 0 amide bonds. The summed E-state index contributed by atoms with van der Waals surface area (Å²) in [7, 11) is 0. The van der Waals surface area contributed by atoms with Gasteiger partial charge in [0.1, 0.15) is 0 Å². The van der Waals surface area contributed by atoms with Crippen LogP contribution in [-0.4, -0.2) is 6.21 Å². The lowest BCUT2D eigenvalue weighted by atomic mass is 10.2. The standard InChI is InChI=1S/C13H13ClN2S/c1-9(6-15)7-16-8-12-5-10-4-11(14)2-3-13(10)17-12/h2-7H,8,15H2,1H3/b9-6-,16-7?. The van der Waals surface area contributed by atoms with Gasteiger partial charge in [-0.1, -0.05) is 11.6 Å². The number of nitrogens with zero attached hydrogens (tertiary/aromatic N) is 1. The Morgan fingerprint density at radius 3 is 3.06 bits per heavy atom. The molecule has 0 bridgehead atoms. The molecule has 0 saturated carbocycles. The molecule has 0 aliphatic carbocycles. The smallest absolute Gasteiger partial charge is 0.0733 e. The number of hydrogen-bond donors (Lipinski definition) is 1. The Labute approximate surface area is 109 Å². The maximum atomic E-state index is 5.95. The number of benzene rings is 1. The van der Waals surface area contributed by atoms with Crippen LogP contribution in [0.4, 0.5) is 0 Å². The van der Waals surface area contributed by atoms with Crippen LogP contribution in [0.3, 0.4) is 0 Å². The molecular weight excluding hydrogens is 252 g/mol. The lowest BCUT2D eigenvalue weighted by molar-refractivity contribution is 1.11. The van der Waals surface area contributed by atoms with Gasteiger partial charge in [-0.25, -0.2) is 0 Å². The fraction of sp³-hybridized carbons (Fsp3) is 0.154. The van der Waals surface area contributed by atoms with Gasteiger partial charge >= 0.3 is 0 Å². The van der Waals surface area contributed by atoms with Gasteiger partial charge in [-0.15, -0.1) is 11.3 Å². The molecule has 1 aromatic carbocycles. The van der Waals surface area contributed by atoms with Gasteiger partial charge in [0.25, 0.3) is 0 Å². The molecule has 1 aromatic heterocycles. The minimum atomic E-state index is 0.683. The van der Waals surface area contributed by atoms with E-state index in [2.05, 4.69) is 11.1 Å². The highest BCUT2D eigenvalue weighted by Gasteiger charge is 2.01. The average Bonchev–Trinajstić information content (AvgIpc) is 2.70. The van der Waals surface area contributed by atoms with Crippen LogP contribution >= 0.6 is 22.9 Å². The third-order valence-corrected chi connectivity index (χ3v) is 3.67. The first-order valence-corrected chi connectivity index (χ1v) is 6.45. The molecule has 4 heteroatoms. The third kappa shape index (κ3) is 3.08. The van der Waals surface area contributed by atoms with Gasteiger partial charge in [-0.2, -0.15) is 0 Å². The van der Waals surface area contributed by atoms with E-state index in [4.69, 9.17) is 17.3 Å². The highest BCUT2D eigenvalue weighted by atomic mass is 35.5. The molecule has 0 fully saturated rings. The minimum Gasteiger partial charge on any atom is -0.404 e. The summed E-state index contributed by atoms with van der Waals surface area (Å²) < 4.78 is 1.24. The van der Waals surface area contributed by atoms with Gasteiger partial charge in [-0.05, 0) is 48.3 Å². The predicted molar refractivity (Wildman–Crippen MR) is 77.0 cm³/mol. The van der Waals surface area contributed by atoms with Crippen molar-refractivity contribution in [2.75, 3.05) is 0 Å². The molecule has 1 heterocycles. The van der Waals surface area contributed by atoms with Crippen LogP contribution in [0.1, 0.15) is 11.8 Å². The second kappa shape index (κ2) is 5.34. The van der Waals surface area contributed by atoms with Crippen LogP contribution in [0.5, 0.6) is 0 Å². The quantitative estimate of drug-likeness (QED) is 0.837. The average molecular weight is 265 g/mol. The zero-order valence-electron chi connectivity index (χ0n) is 9.48. The molecule has 2 N–H and O–H groups in total. The summed E-state index contributed by atoms with van der Waals surface area (Å²) in [6.07, 6.45) is 3.34. The molecule has 0 aliphatic heterocycles. The van der Waals surface area contributed by atoms with Gasteiger partial charge in [0.15, 0.2) is 0 Å². The normalized spacial score (nSPS) is 12.7. The van der Waals surface area contributed by atoms with Crippen LogP contribution in [0.2, 0.25) is 5.02 Å². The van der Waals surface area contributed by atoms with E-state index >= 15 is 0 Å². The second-order valence-electron chi connectivity index (χ2n) is 3.78. The van der Waals surface area contributed by atoms with Crippen molar-refractivity contribution in [1.82, 2.24) is 0 Å². The number of allylic oxidation sites excluding steroid dienone is 1. The maximum Gasteiger partial charge on any atom is 0.0733 e. The fourth-order valence-electron chi connectivity index (χ4n) is 1.47. The van der Waals surface area contributed by atoms with Gasteiger partial charge in [-0.3, -0.25) is 4.99 Å². The summed E-state index contributed by atoms with van der Waals surface area (Å²) in [5.41, 5.74) is 6.33. The maximum absolute atomic E-state index is 5.95. The number of aliphatic imine (C=N–C) groups is 1. The highest BCUT2D eigenvalue weighted by Crippen LogP contribution is 2.28. The zero-order chi connectivity index (χ0) is 12.3. The lowest BCUT2D eigenvalue weighted by Gasteiger charge is -1.89. The number of hydrogen-bond acceptors (Lipinski definition) is 3. The Hall–Kier alpha value is -1.32. The third-order valence-electron chi connectivity index (χ3n) is 2.33. The largest absolute Gasteiger partial charge is 0.404 e. The fourth-order valence-corrected chi connectivity index (χ4v) is 2.63. The molecule has 0 unspecified atom stereocenters. The summed E-state index contributed by atoms with van der Waals surface area (Å²) in [5.74, 6) is 0. The molecule has 0 saturated heterocycles. The van der Waals surface area contributed by atoms with E-state index in [0.717, 1.165) is 10.6 Å². The van der Waals surface area contributed by atoms with Crippen molar-refractivity contribution in [2.24, 2.45) is 10.7 Å². The summed E-state index contributed by atoms with van der Waals surface area (Å²) in [6.45, 7) is 2.61. The first kappa shape index (κ1) is 12.1. The Balaban J connectivity index is 2.17. The van der Waals surface area contributed by atoms with Crippen molar-refractivity contribution < 1.29 is 0 Å². The monoisotopic (exact) mass is 264 g/mol. The van der Waals surface area contributed by atoms with Crippen molar-refractivity contribution in [1.29, 1.82) is 0 Å². The van der Waals surface area contributed by atoms with Crippen LogP contribution in [0, 0.1) is 0 Å². The number of rotatable bonds is 3. The molecule has 2 rings (SSSR count). The van der Waals surface area contributed by atoms with E-state index in [9.17, 15) is 0 Å². The van der Waals surface area contributed by atoms with Crippen molar-refractivity contribution in [3.05, 3.63) is 45.9 Å². The Kier molecular flexibility index (Phi) is 3.82. The molecule has 0 spiro atoms. The number of halogens is 1. The van der Waals surface area contributed by atoms with Crippen molar-refractivity contribution >= 4 is 39.2 Å². The van der Waals surface area contributed by atoms with Crippen molar-refractivity contribution in [2.45, 2.75) is 13.5 Å². The van der Waals surface area contributed by atoms with Gasteiger partial charge in [0, 0.05) is 20.8 Å². The molecular formula is C13H13ClN2S. The van der Waals surface area contributed by atoms with Crippen LogP contribution in [0.25, 0.3) is 10.1 Å². The lowest BCUT2D eigenvalue weighted by Crippen LogP contribution is -1.85. The zero-order valence-corrected chi connectivity index (χ0v) is 11.1. The van der Waals surface area contributed by atoms with E-state index < -0.39 is 0 Å². The Bertz CT molecular complexity index is 584.